The first-order chi connectivity index (χ1) is 15.9. The van der Waals surface area contributed by atoms with Gasteiger partial charge in [-0.05, 0) is 50.1 Å². The summed E-state index contributed by atoms with van der Waals surface area (Å²) in [6.45, 7) is 3.38. The number of anilines is 1. The quantitative estimate of drug-likeness (QED) is 0.573. The van der Waals surface area contributed by atoms with E-state index in [-0.39, 0.29) is 18.2 Å². The van der Waals surface area contributed by atoms with E-state index in [2.05, 4.69) is 26.4 Å². The van der Waals surface area contributed by atoms with E-state index in [1.54, 1.807) is 6.92 Å². The third-order valence-electron chi connectivity index (χ3n) is 6.33. The summed E-state index contributed by atoms with van der Waals surface area (Å²) in [4.78, 5) is 6.16. The van der Waals surface area contributed by atoms with Gasteiger partial charge in [-0.2, -0.15) is 10.4 Å². The van der Waals surface area contributed by atoms with Gasteiger partial charge in [0.1, 0.15) is 29.9 Å². The maximum atomic E-state index is 14.7. The number of aromatic nitrogens is 3. The molecule has 7 nitrogen and oxygen atoms in total. The van der Waals surface area contributed by atoms with Crippen LogP contribution in [0.4, 0.5) is 14.5 Å². The van der Waals surface area contributed by atoms with Crippen LogP contribution in [0.25, 0.3) is 0 Å². The number of nitrogens with one attached hydrogen (secondary N) is 1. The summed E-state index contributed by atoms with van der Waals surface area (Å²) >= 11 is 0. The number of hydrogen-bond acceptors (Lipinski definition) is 6. The van der Waals surface area contributed by atoms with E-state index >= 15 is 0 Å². The summed E-state index contributed by atoms with van der Waals surface area (Å²) in [5.41, 5.74) is 0.0326. The van der Waals surface area contributed by atoms with Crippen LogP contribution in [0, 0.1) is 23.0 Å². The molecular weight excluding hydrogens is 426 g/mol. The van der Waals surface area contributed by atoms with E-state index in [9.17, 15) is 13.9 Å². The summed E-state index contributed by atoms with van der Waals surface area (Å²) in [5.74, 6) is -1.50. The smallest absolute Gasteiger partial charge is 0.137 e. The second-order valence-corrected chi connectivity index (χ2v) is 8.45. The predicted octanol–water partition coefficient (Wildman–Crippen LogP) is 2.96. The van der Waals surface area contributed by atoms with Crippen LogP contribution in [0.3, 0.4) is 0 Å². The first-order valence-electron chi connectivity index (χ1n) is 10.9. The summed E-state index contributed by atoms with van der Waals surface area (Å²) in [6.07, 6.45) is 4.46. The van der Waals surface area contributed by atoms with Crippen LogP contribution in [0.1, 0.15) is 30.9 Å². The van der Waals surface area contributed by atoms with Crippen molar-refractivity contribution in [2.75, 3.05) is 18.0 Å². The maximum Gasteiger partial charge on any atom is 0.137 e. The van der Waals surface area contributed by atoms with Crippen LogP contribution in [-0.2, 0) is 12.1 Å². The van der Waals surface area contributed by atoms with Crippen molar-refractivity contribution < 1.29 is 13.9 Å². The molecule has 1 fully saturated rings. The Bertz CT molecular complexity index is 1110. The van der Waals surface area contributed by atoms with E-state index in [0.717, 1.165) is 43.8 Å². The zero-order chi connectivity index (χ0) is 23.4. The zero-order valence-corrected chi connectivity index (χ0v) is 18.3. The standard InChI is InChI=1S/C24H26F2N6O/c1-17(30-20-8-10-31(11-9-20)21-5-2-18(13-27)3-6-21)24(33,14-32-16-28-15-29-32)22-7-4-19(25)12-23(22)26/h2-7,12,15-17,20,30,33H,8-11,14H2,1H3/t17-,24-/m1/s1. The van der Waals surface area contributed by atoms with Gasteiger partial charge in [-0.3, -0.25) is 0 Å². The minimum Gasteiger partial charge on any atom is -0.381 e. The first kappa shape index (κ1) is 22.8. The Kier molecular flexibility index (Phi) is 6.67. The molecule has 2 N–H and O–H groups in total. The molecular formula is C24H26F2N6O. The largest absolute Gasteiger partial charge is 0.381 e. The molecule has 1 aliphatic rings. The number of nitrogens with zero attached hydrogens (tertiary/aromatic N) is 5. The average molecular weight is 453 g/mol. The summed E-state index contributed by atoms with van der Waals surface area (Å²) < 4.78 is 29.7. The fourth-order valence-electron chi connectivity index (χ4n) is 4.40. The Hall–Kier alpha value is -3.35. The van der Waals surface area contributed by atoms with Gasteiger partial charge < -0.3 is 15.3 Å². The van der Waals surface area contributed by atoms with E-state index in [1.165, 1.54) is 23.4 Å². The van der Waals surface area contributed by atoms with Gasteiger partial charge in [0.25, 0.3) is 0 Å². The minimum absolute atomic E-state index is 0.00872. The number of nitriles is 1. The Morgan fingerprint density at radius 1 is 1.21 bits per heavy atom. The van der Waals surface area contributed by atoms with Crippen molar-refractivity contribution in [1.82, 2.24) is 20.1 Å². The topological polar surface area (TPSA) is 90.0 Å². The first-order valence-corrected chi connectivity index (χ1v) is 10.9. The molecule has 0 saturated carbocycles. The van der Waals surface area contributed by atoms with Gasteiger partial charge in [-0.25, -0.2) is 18.4 Å². The van der Waals surface area contributed by atoms with Crippen molar-refractivity contribution in [2.45, 2.75) is 44.0 Å². The molecule has 0 spiro atoms. The molecule has 0 bridgehead atoms. The Balaban J connectivity index is 1.47. The molecule has 1 aliphatic heterocycles. The number of halogens is 2. The molecule has 2 atom stereocenters. The molecule has 172 valence electrons. The minimum atomic E-state index is -1.67. The third-order valence-corrected chi connectivity index (χ3v) is 6.33. The van der Waals surface area contributed by atoms with Crippen molar-refractivity contribution >= 4 is 5.69 Å². The molecule has 0 amide bonds. The van der Waals surface area contributed by atoms with Gasteiger partial charge in [0.05, 0.1) is 18.2 Å². The monoisotopic (exact) mass is 452 g/mol. The Morgan fingerprint density at radius 2 is 1.94 bits per heavy atom. The van der Waals surface area contributed by atoms with Crippen LogP contribution in [0.2, 0.25) is 0 Å². The third kappa shape index (κ3) is 5.02. The van der Waals surface area contributed by atoms with Gasteiger partial charge in [-0.1, -0.05) is 6.07 Å². The summed E-state index contributed by atoms with van der Waals surface area (Å²) in [5, 5.41) is 28.1. The molecule has 4 rings (SSSR count). The average Bonchev–Trinajstić information content (AvgIpc) is 3.32. The van der Waals surface area contributed by atoms with Crippen LogP contribution >= 0.6 is 0 Å². The van der Waals surface area contributed by atoms with Gasteiger partial charge >= 0.3 is 0 Å². The molecule has 1 saturated heterocycles. The zero-order valence-electron chi connectivity index (χ0n) is 18.3. The number of benzene rings is 2. The molecule has 0 radical (unpaired) electrons. The molecule has 1 aromatic heterocycles. The lowest BCUT2D eigenvalue weighted by Gasteiger charge is -2.40. The second-order valence-electron chi connectivity index (χ2n) is 8.45. The normalized spacial score (nSPS) is 17.4. The molecule has 33 heavy (non-hydrogen) atoms. The van der Waals surface area contributed by atoms with Crippen molar-refractivity contribution in [2.24, 2.45) is 0 Å². The summed E-state index contributed by atoms with van der Waals surface area (Å²) in [7, 11) is 0. The van der Waals surface area contributed by atoms with Gasteiger partial charge in [0.15, 0.2) is 0 Å². The fraction of sp³-hybridized carbons (Fsp3) is 0.375. The molecule has 9 heteroatoms. The second kappa shape index (κ2) is 9.65. The fourth-order valence-corrected chi connectivity index (χ4v) is 4.40. The molecule has 0 aliphatic carbocycles. The highest BCUT2D eigenvalue weighted by molar-refractivity contribution is 5.50. The van der Waals surface area contributed by atoms with Crippen LogP contribution in [0.15, 0.2) is 55.1 Å². The van der Waals surface area contributed by atoms with E-state index < -0.39 is 23.3 Å². The highest BCUT2D eigenvalue weighted by Crippen LogP contribution is 2.31. The van der Waals surface area contributed by atoms with Crippen LogP contribution in [0.5, 0.6) is 0 Å². The number of piperidine rings is 1. The van der Waals surface area contributed by atoms with Crippen molar-refractivity contribution in [3.63, 3.8) is 0 Å². The Morgan fingerprint density at radius 3 is 2.55 bits per heavy atom. The van der Waals surface area contributed by atoms with Crippen LogP contribution < -0.4 is 10.2 Å². The number of rotatable bonds is 7. The lowest BCUT2D eigenvalue weighted by molar-refractivity contribution is -0.0242. The molecule has 2 heterocycles. The number of aliphatic hydroxyl groups is 1. The van der Waals surface area contributed by atoms with E-state index in [1.807, 2.05) is 24.3 Å². The number of hydrogen-bond donors (Lipinski definition) is 2. The predicted molar refractivity (Wildman–Crippen MR) is 119 cm³/mol. The van der Waals surface area contributed by atoms with E-state index in [0.29, 0.717) is 5.56 Å². The highest BCUT2D eigenvalue weighted by Gasteiger charge is 2.40. The van der Waals surface area contributed by atoms with Crippen LogP contribution in [-0.4, -0.2) is 45.0 Å². The lowest BCUT2D eigenvalue weighted by atomic mass is 9.85. The molecule has 2 aromatic carbocycles. The van der Waals surface area contributed by atoms with Gasteiger partial charge in [-0.15, -0.1) is 0 Å². The van der Waals surface area contributed by atoms with Crippen molar-refractivity contribution in [1.29, 1.82) is 5.26 Å². The van der Waals surface area contributed by atoms with Crippen molar-refractivity contribution in [3.05, 3.63) is 77.9 Å². The summed E-state index contributed by atoms with van der Waals surface area (Å²) in [6, 6.07) is 12.4. The highest BCUT2D eigenvalue weighted by atomic mass is 19.1. The van der Waals surface area contributed by atoms with E-state index in [4.69, 9.17) is 5.26 Å². The molecule has 0 unspecified atom stereocenters. The Labute approximate surface area is 191 Å². The van der Waals surface area contributed by atoms with Gasteiger partial charge in [0, 0.05) is 42.5 Å². The van der Waals surface area contributed by atoms with Gasteiger partial charge in [0.2, 0.25) is 0 Å². The maximum absolute atomic E-state index is 14.7. The lowest BCUT2D eigenvalue weighted by Crippen LogP contribution is -2.55. The SMILES string of the molecule is C[C@@H](NC1CCN(c2ccc(C#N)cc2)CC1)[C@](O)(Cn1cncn1)c1ccc(F)cc1F. The molecule has 3 aromatic rings. The van der Waals surface area contributed by atoms with Crippen molar-refractivity contribution in [3.8, 4) is 6.07 Å².